The molecule has 0 fully saturated rings. The molecule has 34 heavy (non-hydrogen) atoms. The van der Waals surface area contributed by atoms with Gasteiger partial charge in [-0.1, -0.05) is 56.2 Å². The van der Waals surface area contributed by atoms with Crippen LogP contribution in [0.1, 0.15) is 51.7 Å². The molecule has 0 aromatic heterocycles. The lowest BCUT2D eigenvalue weighted by atomic mass is 10.1. The maximum Gasteiger partial charge on any atom is 0.243 e. The Morgan fingerprint density at radius 2 is 1.91 bits per heavy atom. The van der Waals surface area contributed by atoms with Crippen LogP contribution in [0.15, 0.2) is 70.0 Å². The number of hydrazone groups is 1. The molecule has 0 aliphatic heterocycles. The van der Waals surface area contributed by atoms with E-state index >= 15 is 0 Å². The Morgan fingerprint density at radius 1 is 1.21 bits per heavy atom. The predicted octanol–water partition coefficient (Wildman–Crippen LogP) is 4.79. The number of amides is 1. The number of sulfonamides is 1. The molecule has 7 nitrogen and oxygen atoms in total. The molecule has 1 aliphatic carbocycles. The molecular weight excluding hydrogens is 448 g/mol. The highest BCUT2D eigenvalue weighted by atomic mass is 32.2. The van der Waals surface area contributed by atoms with E-state index in [9.17, 15) is 13.2 Å². The Kier molecular flexibility index (Phi) is 10.0. The van der Waals surface area contributed by atoms with Crippen LogP contribution in [0.25, 0.3) is 0 Å². The number of carbonyl (C=O) groups is 1. The summed E-state index contributed by atoms with van der Waals surface area (Å²) in [5.74, 6) is 0.294. The molecule has 1 aromatic rings. The molecule has 0 saturated carbocycles. The minimum absolute atomic E-state index is 0.215. The van der Waals surface area contributed by atoms with Gasteiger partial charge in [0.2, 0.25) is 15.9 Å². The predicted molar refractivity (Wildman–Crippen MR) is 141 cm³/mol. The molecule has 8 heteroatoms. The van der Waals surface area contributed by atoms with Gasteiger partial charge >= 0.3 is 0 Å². The Balaban J connectivity index is 2.39. The topological polar surface area (TPSA) is 82.1 Å². The summed E-state index contributed by atoms with van der Waals surface area (Å²) in [6.07, 6.45) is 10.8. The van der Waals surface area contributed by atoms with Crippen molar-refractivity contribution in [2.24, 2.45) is 5.10 Å². The first kappa shape index (κ1) is 27.3. The third-order valence-corrected chi connectivity index (χ3v) is 7.63. The number of hydrogen-bond donors (Lipinski definition) is 1. The van der Waals surface area contributed by atoms with Crippen LogP contribution >= 0.6 is 0 Å². The Bertz CT molecular complexity index is 1130. The van der Waals surface area contributed by atoms with Crippen molar-refractivity contribution in [3.63, 3.8) is 0 Å². The number of allylic oxidation sites excluding steroid dienone is 6. The second-order valence-corrected chi connectivity index (χ2v) is 9.94. The van der Waals surface area contributed by atoms with E-state index in [1.807, 2.05) is 51.1 Å². The smallest absolute Gasteiger partial charge is 0.243 e. The summed E-state index contributed by atoms with van der Waals surface area (Å²) in [7, 11) is -3.52. The van der Waals surface area contributed by atoms with Gasteiger partial charge in [0.05, 0.1) is 10.6 Å². The molecule has 1 aliphatic rings. The summed E-state index contributed by atoms with van der Waals surface area (Å²) in [5, 5.41) is 8.69. The fraction of sp³-hybridized carbons (Fsp3) is 0.385. The molecule has 184 valence electrons. The van der Waals surface area contributed by atoms with Gasteiger partial charge in [0, 0.05) is 26.7 Å². The highest BCUT2D eigenvalue weighted by Crippen LogP contribution is 2.27. The molecule has 0 spiro atoms. The maximum absolute atomic E-state index is 12.9. The van der Waals surface area contributed by atoms with Crippen LogP contribution in [0, 0.1) is 6.92 Å². The Hall–Kier alpha value is -2.97. The van der Waals surface area contributed by atoms with E-state index in [-0.39, 0.29) is 10.8 Å². The van der Waals surface area contributed by atoms with Crippen molar-refractivity contribution in [1.29, 1.82) is 0 Å². The fourth-order valence-corrected chi connectivity index (χ4v) is 5.26. The number of carbonyl (C=O) groups excluding carboxylic acids is 1. The average molecular weight is 485 g/mol. The van der Waals surface area contributed by atoms with E-state index in [0.717, 1.165) is 28.8 Å². The molecule has 0 heterocycles. The second kappa shape index (κ2) is 12.5. The molecule has 1 amide bonds. The van der Waals surface area contributed by atoms with Crippen LogP contribution in [-0.4, -0.2) is 38.4 Å². The average Bonchev–Trinajstić information content (AvgIpc) is 3.05. The quantitative estimate of drug-likeness (QED) is 0.362. The van der Waals surface area contributed by atoms with E-state index in [1.165, 1.54) is 11.2 Å². The first-order chi connectivity index (χ1) is 16.2. The Labute approximate surface area is 204 Å². The number of anilines is 1. The third-order valence-electron chi connectivity index (χ3n) is 5.56. The zero-order valence-corrected chi connectivity index (χ0v) is 21.7. The van der Waals surface area contributed by atoms with Crippen molar-refractivity contribution in [3.8, 4) is 0 Å². The lowest BCUT2D eigenvalue weighted by Gasteiger charge is -2.24. The molecule has 1 N–H and O–H groups in total. The highest BCUT2D eigenvalue weighted by molar-refractivity contribution is 7.93. The van der Waals surface area contributed by atoms with Crippen molar-refractivity contribution in [3.05, 3.63) is 76.0 Å². The summed E-state index contributed by atoms with van der Waals surface area (Å²) in [5.41, 5.74) is 4.10. The zero-order chi connectivity index (χ0) is 25.3. The summed E-state index contributed by atoms with van der Waals surface area (Å²) >= 11 is 0. The minimum Gasteiger partial charge on any atom is -0.311 e. The van der Waals surface area contributed by atoms with Crippen LogP contribution in [-0.2, 0) is 21.2 Å². The van der Waals surface area contributed by atoms with Gasteiger partial charge in [-0.3, -0.25) is 4.79 Å². The van der Waals surface area contributed by atoms with Crippen molar-refractivity contribution in [2.75, 3.05) is 18.1 Å². The molecule has 0 radical (unpaired) electrons. The van der Waals surface area contributed by atoms with Crippen LogP contribution < -0.4 is 10.3 Å². The first-order valence-corrected chi connectivity index (χ1v) is 13.0. The van der Waals surface area contributed by atoms with Gasteiger partial charge in [0.1, 0.15) is 5.82 Å². The third kappa shape index (κ3) is 6.77. The second-order valence-electron chi connectivity index (χ2n) is 8.00. The van der Waals surface area contributed by atoms with Gasteiger partial charge in [-0.2, -0.15) is 9.41 Å². The molecule has 0 bridgehead atoms. The normalized spacial score (nSPS) is 14.4. The minimum atomic E-state index is -3.52. The van der Waals surface area contributed by atoms with Crippen molar-refractivity contribution < 1.29 is 13.2 Å². The number of benzene rings is 1. The van der Waals surface area contributed by atoms with E-state index in [4.69, 9.17) is 0 Å². The Morgan fingerprint density at radius 3 is 2.50 bits per heavy atom. The summed E-state index contributed by atoms with van der Waals surface area (Å²) in [6.45, 7) is 13.8. The monoisotopic (exact) mass is 484 g/mol. The molecule has 2 rings (SSSR count). The number of hydrogen-bond acceptors (Lipinski definition) is 5. The van der Waals surface area contributed by atoms with Gasteiger partial charge < -0.3 is 5.32 Å². The summed E-state index contributed by atoms with van der Waals surface area (Å²) < 4.78 is 27.2. The van der Waals surface area contributed by atoms with Crippen molar-refractivity contribution >= 4 is 28.3 Å². The molecule has 0 atom stereocenters. The number of nitrogens with one attached hydrogen (secondary N) is 1. The van der Waals surface area contributed by atoms with E-state index < -0.39 is 10.0 Å². The lowest BCUT2D eigenvalue weighted by molar-refractivity contribution is -0.118. The van der Waals surface area contributed by atoms with Gasteiger partial charge in [-0.25, -0.2) is 13.4 Å². The van der Waals surface area contributed by atoms with Crippen LogP contribution in [0.2, 0.25) is 0 Å². The number of nitrogens with zero attached hydrogens (tertiary/aromatic N) is 3. The lowest BCUT2D eigenvalue weighted by Crippen LogP contribution is -2.31. The number of aryl methyl sites for hydroxylation is 2. The van der Waals surface area contributed by atoms with Crippen LogP contribution in [0.3, 0.4) is 0 Å². The standard InChI is InChI=1S/C26H36N4O3S/c1-7-23-19-20(4)13-17-25(23)30(27-6)26(28-21(5)31)18-15-22-11-10-12-24(16-14-22)34(32,33)29(8-2)9-3/h10,12-14,16-19H,6-9,11,15H2,1-5H3,(H,28,31)/b26-18-. The highest BCUT2D eigenvalue weighted by Gasteiger charge is 2.22. The SMILES string of the molecule is C=NN(/C(=C\CC1=CC=C(S(=O)(=O)N(CC)CC)C=CC1)NC(C)=O)c1ccc(C)cc1CC. The van der Waals surface area contributed by atoms with E-state index in [0.29, 0.717) is 31.8 Å². The fourth-order valence-electron chi connectivity index (χ4n) is 3.77. The molecular formula is C26H36N4O3S. The van der Waals surface area contributed by atoms with Gasteiger partial charge in [0.25, 0.3) is 0 Å². The van der Waals surface area contributed by atoms with Crippen molar-refractivity contribution in [1.82, 2.24) is 9.62 Å². The molecule has 0 unspecified atom stereocenters. The van der Waals surface area contributed by atoms with Crippen molar-refractivity contribution in [2.45, 2.75) is 53.9 Å². The van der Waals surface area contributed by atoms with Crippen LogP contribution in [0.5, 0.6) is 0 Å². The van der Waals surface area contributed by atoms with Gasteiger partial charge in [-0.05, 0) is 56.0 Å². The zero-order valence-electron chi connectivity index (χ0n) is 20.8. The van der Waals surface area contributed by atoms with Crippen LogP contribution in [0.4, 0.5) is 5.69 Å². The summed E-state index contributed by atoms with van der Waals surface area (Å²) in [4.78, 5) is 12.2. The first-order valence-electron chi connectivity index (χ1n) is 11.6. The van der Waals surface area contributed by atoms with E-state index in [1.54, 1.807) is 17.2 Å². The van der Waals surface area contributed by atoms with Gasteiger partial charge in [0.15, 0.2) is 0 Å². The number of rotatable bonds is 11. The maximum atomic E-state index is 12.9. The molecule has 0 saturated heterocycles. The summed E-state index contributed by atoms with van der Waals surface area (Å²) in [6, 6.07) is 6.07. The van der Waals surface area contributed by atoms with E-state index in [2.05, 4.69) is 30.1 Å². The van der Waals surface area contributed by atoms with Gasteiger partial charge in [-0.15, -0.1) is 0 Å². The largest absolute Gasteiger partial charge is 0.311 e. The molecule has 1 aromatic carbocycles.